The predicted molar refractivity (Wildman–Crippen MR) is 106 cm³/mol. The topological polar surface area (TPSA) is 33.2 Å². The summed E-state index contributed by atoms with van der Waals surface area (Å²) in [5.74, 6) is 0.868. The molecule has 132 valence electrons. The van der Waals surface area contributed by atoms with Crippen LogP contribution < -0.4 is 0 Å². The zero-order chi connectivity index (χ0) is 17.7. The average molecular weight is 362 g/mol. The normalized spacial score (nSPS) is 18.0. The van der Waals surface area contributed by atoms with E-state index < -0.39 is 0 Å². The second kappa shape index (κ2) is 6.20. The van der Waals surface area contributed by atoms with Gasteiger partial charge in [-0.2, -0.15) is 0 Å². The highest BCUT2D eigenvalue weighted by atomic mass is 32.1. The lowest BCUT2D eigenvalue weighted by atomic mass is 10.0. The fourth-order valence-corrected chi connectivity index (χ4v) is 4.57. The van der Waals surface area contributed by atoms with Gasteiger partial charge in [0.1, 0.15) is 0 Å². The predicted octanol–water partition coefficient (Wildman–Crippen LogP) is 5.37. The van der Waals surface area contributed by atoms with Gasteiger partial charge in [0.15, 0.2) is 0 Å². The molecule has 2 aliphatic carbocycles. The number of benzene rings is 1. The number of hydrogen-bond donors (Lipinski definition) is 0. The Labute approximate surface area is 157 Å². The number of para-hydroxylation sites is 1. The minimum Gasteiger partial charge on any atom is -0.333 e. The van der Waals surface area contributed by atoms with E-state index in [1.54, 1.807) is 11.3 Å². The van der Waals surface area contributed by atoms with Gasteiger partial charge in [-0.05, 0) is 62.1 Å². The Balaban J connectivity index is 1.63. The van der Waals surface area contributed by atoms with E-state index in [-0.39, 0.29) is 5.91 Å². The van der Waals surface area contributed by atoms with Gasteiger partial charge in [0.05, 0.1) is 21.7 Å². The van der Waals surface area contributed by atoms with Crippen molar-refractivity contribution in [1.82, 2.24) is 9.88 Å². The number of rotatable bonds is 5. The van der Waals surface area contributed by atoms with Crippen molar-refractivity contribution >= 4 is 28.1 Å². The number of fused-ring (bicyclic) bond motifs is 1. The lowest BCUT2D eigenvalue weighted by Crippen LogP contribution is -2.41. The first kappa shape index (κ1) is 16.0. The molecule has 3 nitrogen and oxygen atoms in total. The summed E-state index contributed by atoms with van der Waals surface area (Å²) in [4.78, 5) is 21.7. The Morgan fingerprint density at radius 3 is 2.65 bits per heavy atom. The number of hydrogen-bond acceptors (Lipinski definition) is 3. The van der Waals surface area contributed by atoms with Gasteiger partial charge >= 0.3 is 0 Å². The highest BCUT2D eigenvalue weighted by Crippen LogP contribution is 2.41. The number of carbonyl (C=O) groups is 1. The molecule has 0 bridgehead atoms. The zero-order valence-electron chi connectivity index (χ0n) is 14.9. The maximum absolute atomic E-state index is 13.6. The van der Waals surface area contributed by atoms with Gasteiger partial charge in [-0.3, -0.25) is 4.79 Å². The maximum atomic E-state index is 13.6. The molecule has 2 saturated carbocycles. The van der Waals surface area contributed by atoms with E-state index in [1.165, 1.54) is 12.8 Å². The van der Waals surface area contributed by atoms with E-state index >= 15 is 0 Å². The summed E-state index contributed by atoms with van der Waals surface area (Å²) in [7, 11) is 0. The quantitative estimate of drug-likeness (QED) is 0.611. The van der Waals surface area contributed by atoms with Crippen LogP contribution in [0, 0.1) is 5.92 Å². The van der Waals surface area contributed by atoms with E-state index in [1.807, 2.05) is 36.4 Å². The molecule has 2 aromatic heterocycles. The Morgan fingerprint density at radius 1 is 1.15 bits per heavy atom. The first-order chi connectivity index (χ1) is 12.7. The Kier molecular flexibility index (Phi) is 3.82. The number of pyridine rings is 1. The van der Waals surface area contributed by atoms with E-state index in [4.69, 9.17) is 4.98 Å². The fraction of sp³-hybridized carbons (Fsp3) is 0.364. The largest absolute Gasteiger partial charge is 0.333 e. The molecule has 4 heteroatoms. The van der Waals surface area contributed by atoms with Crippen molar-refractivity contribution < 1.29 is 4.79 Å². The standard InChI is InChI=1S/C22H22N2OS/c1-14(15-8-9-15)24(16-10-11-16)22(25)18-13-20(21-7-4-12-26-21)23-19-6-3-2-5-17(18)19/h2-7,12-16H,8-11H2,1H3. The van der Waals surface area contributed by atoms with E-state index in [2.05, 4.69) is 23.3 Å². The van der Waals surface area contributed by atoms with Gasteiger partial charge in [0.25, 0.3) is 5.91 Å². The molecule has 0 saturated heterocycles. The van der Waals surface area contributed by atoms with Crippen LogP contribution in [0.1, 0.15) is 43.0 Å². The second-order valence-corrected chi connectivity index (χ2v) is 8.52. The van der Waals surface area contributed by atoms with E-state index in [0.29, 0.717) is 18.0 Å². The minimum absolute atomic E-state index is 0.184. The smallest absolute Gasteiger partial charge is 0.255 e. The minimum atomic E-state index is 0.184. The maximum Gasteiger partial charge on any atom is 0.255 e. The van der Waals surface area contributed by atoms with Crippen LogP contribution in [-0.4, -0.2) is 27.9 Å². The lowest BCUT2D eigenvalue weighted by molar-refractivity contribution is 0.0656. The van der Waals surface area contributed by atoms with Crippen LogP contribution in [0.5, 0.6) is 0 Å². The van der Waals surface area contributed by atoms with Crippen molar-refractivity contribution in [2.24, 2.45) is 5.92 Å². The number of carbonyl (C=O) groups excluding carboxylic acids is 1. The molecule has 0 N–H and O–H groups in total. The number of thiophene rings is 1. The molecule has 0 radical (unpaired) electrons. The zero-order valence-corrected chi connectivity index (χ0v) is 15.7. The Morgan fingerprint density at radius 2 is 1.96 bits per heavy atom. The lowest BCUT2D eigenvalue weighted by Gasteiger charge is -2.30. The first-order valence-corrected chi connectivity index (χ1v) is 10.4. The molecular weight excluding hydrogens is 340 g/mol. The highest BCUT2D eigenvalue weighted by molar-refractivity contribution is 7.13. The van der Waals surface area contributed by atoms with Crippen molar-refractivity contribution in [2.75, 3.05) is 0 Å². The number of nitrogens with zero attached hydrogens (tertiary/aromatic N) is 2. The van der Waals surface area contributed by atoms with Crippen LogP contribution in [0.15, 0.2) is 47.8 Å². The molecule has 3 aromatic rings. The molecule has 0 spiro atoms. The first-order valence-electron chi connectivity index (χ1n) is 9.48. The van der Waals surface area contributed by atoms with Crippen LogP contribution >= 0.6 is 11.3 Å². The number of aromatic nitrogens is 1. The second-order valence-electron chi connectivity index (χ2n) is 7.57. The molecule has 1 amide bonds. The highest BCUT2D eigenvalue weighted by Gasteiger charge is 2.42. The SMILES string of the molecule is CC(C1CC1)N(C(=O)c1cc(-c2cccs2)nc2ccccc12)C1CC1. The third-order valence-electron chi connectivity index (χ3n) is 5.64. The van der Waals surface area contributed by atoms with Gasteiger partial charge in [-0.15, -0.1) is 11.3 Å². The van der Waals surface area contributed by atoms with Crippen LogP contribution in [0.4, 0.5) is 0 Å². The Hall–Kier alpha value is -2.20. The van der Waals surface area contributed by atoms with E-state index in [0.717, 1.165) is 39.9 Å². The summed E-state index contributed by atoms with van der Waals surface area (Å²) in [6, 6.07) is 14.9. The van der Waals surface area contributed by atoms with Crippen LogP contribution in [0.3, 0.4) is 0 Å². The van der Waals surface area contributed by atoms with Crippen LogP contribution in [0.2, 0.25) is 0 Å². The molecule has 26 heavy (non-hydrogen) atoms. The van der Waals surface area contributed by atoms with Crippen molar-refractivity contribution in [3.63, 3.8) is 0 Å². The molecule has 5 rings (SSSR count). The van der Waals surface area contributed by atoms with Crippen LogP contribution in [-0.2, 0) is 0 Å². The Bertz CT molecular complexity index is 957. The molecular formula is C22H22N2OS. The third-order valence-corrected chi connectivity index (χ3v) is 6.53. The van der Waals surface area contributed by atoms with Crippen molar-refractivity contribution in [3.8, 4) is 10.6 Å². The van der Waals surface area contributed by atoms with Crippen molar-refractivity contribution in [1.29, 1.82) is 0 Å². The van der Waals surface area contributed by atoms with Gasteiger partial charge in [-0.25, -0.2) is 4.98 Å². The molecule has 1 atom stereocenters. The molecule has 0 aliphatic heterocycles. The summed E-state index contributed by atoms with van der Waals surface area (Å²) in [6.45, 7) is 2.23. The van der Waals surface area contributed by atoms with Crippen LogP contribution in [0.25, 0.3) is 21.5 Å². The molecule has 1 unspecified atom stereocenters. The number of amides is 1. The molecule has 1 aromatic carbocycles. The third kappa shape index (κ3) is 2.82. The monoisotopic (exact) mass is 362 g/mol. The average Bonchev–Trinajstić information content (AvgIpc) is 3.60. The summed E-state index contributed by atoms with van der Waals surface area (Å²) in [5.41, 5.74) is 2.60. The van der Waals surface area contributed by atoms with E-state index in [9.17, 15) is 4.79 Å². The van der Waals surface area contributed by atoms with Gasteiger partial charge < -0.3 is 4.90 Å². The summed E-state index contributed by atoms with van der Waals surface area (Å²) >= 11 is 1.67. The molecule has 2 aliphatic rings. The fourth-order valence-electron chi connectivity index (χ4n) is 3.88. The van der Waals surface area contributed by atoms with Crippen molar-refractivity contribution in [3.05, 3.63) is 53.4 Å². The summed E-state index contributed by atoms with van der Waals surface area (Å²) in [5, 5.41) is 3.02. The molecule has 2 heterocycles. The van der Waals surface area contributed by atoms with Gasteiger partial charge in [-0.1, -0.05) is 24.3 Å². The molecule has 2 fully saturated rings. The summed E-state index contributed by atoms with van der Waals surface area (Å²) < 4.78 is 0. The van der Waals surface area contributed by atoms with Gasteiger partial charge in [0.2, 0.25) is 0 Å². The summed E-state index contributed by atoms with van der Waals surface area (Å²) in [6.07, 6.45) is 4.80. The van der Waals surface area contributed by atoms with Gasteiger partial charge in [0, 0.05) is 17.5 Å². The van der Waals surface area contributed by atoms with Crippen molar-refractivity contribution in [2.45, 2.75) is 44.7 Å².